The van der Waals surface area contributed by atoms with Gasteiger partial charge in [0.25, 0.3) is 0 Å². The van der Waals surface area contributed by atoms with E-state index < -0.39 is 0 Å². The Morgan fingerprint density at radius 2 is 1.74 bits per heavy atom. The van der Waals surface area contributed by atoms with Gasteiger partial charge in [0.1, 0.15) is 29.9 Å². The molecule has 2 N–H and O–H groups in total. The van der Waals surface area contributed by atoms with Gasteiger partial charge < -0.3 is 19.8 Å². The monoisotopic (exact) mass is 530 g/mol. The summed E-state index contributed by atoms with van der Waals surface area (Å²) in [7, 11) is 0. The molecule has 2 aliphatic heterocycles. The van der Waals surface area contributed by atoms with E-state index >= 15 is 0 Å². The van der Waals surface area contributed by atoms with Gasteiger partial charge in [0.05, 0.1) is 6.07 Å². The maximum absolute atomic E-state index is 6.67. The summed E-state index contributed by atoms with van der Waals surface area (Å²) in [6.45, 7) is 13.4. The first kappa shape index (κ1) is 26.6. The first-order valence-corrected chi connectivity index (χ1v) is 15.0. The van der Waals surface area contributed by atoms with E-state index in [-0.39, 0.29) is 5.44 Å². The van der Waals surface area contributed by atoms with E-state index in [4.69, 9.17) is 14.9 Å². The van der Waals surface area contributed by atoms with Gasteiger partial charge in [0.15, 0.2) is 0 Å². The molecule has 0 amide bonds. The molecule has 0 bridgehead atoms. The summed E-state index contributed by atoms with van der Waals surface area (Å²) in [4.78, 5) is 3.55. The molecule has 1 saturated heterocycles. The standard InChI is InChI=1S/C32H40N3O2S/c1-5-34(6-2)23-13-15-25-28(20-23)37-29-21-24(35(7-3)8-4)14-16-26(29)32(25)27-19-22(33)12-17-30(27)38-31-11-9-10-18-36-31/h12-17,19-21,31H,5-11,18,33H2,1-4H3/q+1. The van der Waals surface area contributed by atoms with Gasteiger partial charge in [-0.15, -0.1) is 0 Å². The Morgan fingerprint density at radius 1 is 0.921 bits per heavy atom. The van der Waals surface area contributed by atoms with Crippen LogP contribution in [0.1, 0.15) is 47.0 Å². The number of nitrogens with zero attached hydrogens (tertiary/aromatic N) is 2. The minimum absolute atomic E-state index is 0.167. The predicted octanol–water partition coefficient (Wildman–Crippen LogP) is 7.06. The van der Waals surface area contributed by atoms with Crippen molar-refractivity contribution in [3.05, 3.63) is 60.0 Å². The largest absolute Gasteiger partial charge is 0.456 e. The summed E-state index contributed by atoms with van der Waals surface area (Å²) < 4.78 is 15.1. The molecule has 1 unspecified atom stereocenters. The number of hydrogen-bond donors (Lipinski definition) is 1. The third kappa shape index (κ3) is 5.29. The van der Waals surface area contributed by atoms with Crippen molar-refractivity contribution in [2.75, 3.05) is 43.4 Å². The molecule has 200 valence electrons. The van der Waals surface area contributed by atoms with E-state index in [1.807, 2.05) is 17.8 Å². The number of thioether (sulfide) groups is 1. The molecule has 5 rings (SSSR count). The average molecular weight is 531 g/mol. The topological polar surface area (TPSA) is 54.6 Å². The fourth-order valence-corrected chi connectivity index (χ4v) is 6.69. The lowest BCUT2D eigenvalue weighted by atomic mass is 9.93. The van der Waals surface area contributed by atoms with Gasteiger partial charge in [-0.1, -0.05) is 11.8 Å². The Bertz CT molecular complexity index is 1450. The van der Waals surface area contributed by atoms with Crippen LogP contribution in [-0.2, 0) is 4.74 Å². The summed E-state index contributed by atoms with van der Waals surface area (Å²) in [5.41, 5.74) is 12.8. The van der Waals surface area contributed by atoms with E-state index in [0.29, 0.717) is 0 Å². The van der Waals surface area contributed by atoms with Gasteiger partial charge in [0.2, 0.25) is 5.36 Å². The molecule has 2 heterocycles. The molecule has 0 radical (unpaired) electrons. The molecule has 1 aliphatic carbocycles. The van der Waals surface area contributed by atoms with Crippen molar-refractivity contribution in [3.8, 4) is 22.5 Å². The SMILES string of the molecule is CCN(CC)c1ccc2c(-c3cc(N)ccc3SC3CCCCO3)c3ccc(=[N+](CC)CC)cc-3oc2c1. The number of benzene rings is 3. The number of ether oxygens (including phenoxy) is 1. The lowest BCUT2D eigenvalue weighted by molar-refractivity contribution is 0.0728. The number of anilines is 2. The van der Waals surface area contributed by atoms with Crippen LogP contribution in [0.25, 0.3) is 33.4 Å². The Hall–Kier alpha value is -2.96. The second-order valence-electron chi connectivity index (χ2n) is 9.85. The summed E-state index contributed by atoms with van der Waals surface area (Å²) in [6.07, 6.45) is 3.42. The van der Waals surface area contributed by atoms with Crippen LogP contribution in [-0.4, -0.2) is 38.2 Å². The summed E-state index contributed by atoms with van der Waals surface area (Å²) in [5.74, 6) is 0.890. The average Bonchev–Trinajstić information content (AvgIpc) is 2.94. The van der Waals surface area contributed by atoms with Crippen LogP contribution in [0.4, 0.5) is 11.4 Å². The number of hydrogen-bond acceptors (Lipinski definition) is 5. The number of rotatable bonds is 8. The fraction of sp³-hybridized carbons (Fsp3) is 0.406. The van der Waals surface area contributed by atoms with Crippen molar-refractivity contribution in [1.29, 1.82) is 0 Å². The van der Waals surface area contributed by atoms with Crippen LogP contribution in [0.2, 0.25) is 0 Å². The number of nitrogen functional groups attached to an aromatic ring is 1. The summed E-state index contributed by atoms with van der Waals surface area (Å²) >= 11 is 1.82. The maximum atomic E-state index is 6.67. The number of fused-ring (bicyclic) bond motifs is 2. The summed E-state index contributed by atoms with van der Waals surface area (Å²) in [5, 5.41) is 2.27. The minimum atomic E-state index is 0.167. The Labute approximate surface area is 230 Å². The smallest absolute Gasteiger partial charge is 0.203 e. The molecule has 1 fully saturated rings. The van der Waals surface area contributed by atoms with Gasteiger partial charge in [-0.25, -0.2) is 4.58 Å². The highest BCUT2D eigenvalue weighted by Gasteiger charge is 2.23. The van der Waals surface area contributed by atoms with Crippen molar-refractivity contribution < 1.29 is 9.15 Å². The Balaban J connectivity index is 1.79. The molecule has 38 heavy (non-hydrogen) atoms. The van der Waals surface area contributed by atoms with E-state index in [1.54, 1.807) is 0 Å². The van der Waals surface area contributed by atoms with Gasteiger partial charge in [0, 0.05) is 64.6 Å². The van der Waals surface area contributed by atoms with Crippen molar-refractivity contribution >= 4 is 34.1 Å². The third-order valence-corrected chi connectivity index (χ3v) is 8.86. The van der Waals surface area contributed by atoms with Crippen LogP contribution >= 0.6 is 11.8 Å². The van der Waals surface area contributed by atoms with Crippen molar-refractivity contribution in [3.63, 3.8) is 0 Å². The molecule has 6 heteroatoms. The molecule has 3 aliphatic rings. The van der Waals surface area contributed by atoms with E-state index in [1.165, 1.54) is 27.9 Å². The van der Waals surface area contributed by atoms with Gasteiger partial charge >= 0.3 is 0 Å². The molecule has 2 aromatic carbocycles. The highest BCUT2D eigenvalue weighted by molar-refractivity contribution is 8.00. The van der Waals surface area contributed by atoms with Crippen LogP contribution in [0.15, 0.2) is 63.9 Å². The second-order valence-corrected chi connectivity index (χ2v) is 11.1. The summed E-state index contributed by atoms with van der Waals surface area (Å²) in [6, 6.07) is 19.5. The third-order valence-electron chi connectivity index (χ3n) is 7.62. The molecular weight excluding hydrogens is 490 g/mol. The van der Waals surface area contributed by atoms with E-state index in [9.17, 15) is 0 Å². The van der Waals surface area contributed by atoms with Gasteiger partial charge in [-0.2, -0.15) is 0 Å². The Morgan fingerprint density at radius 3 is 2.45 bits per heavy atom. The lowest BCUT2D eigenvalue weighted by Crippen LogP contribution is -2.29. The molecular formula is C32H40N3O2S+. The molecule has 5 nitrogen and oxygen atoms in total. The van der Waals surface area contributed by atoms with Crippen molar-refractivity contribution in [1.82, 2.24) is 4.58 Å². The van der Waals surface area contributed by atoms with Crippen molar-refractivity contribution in [2.45, 2.75) is 57.3 Å². The predicted molar refractivity (Wildman–Crippen MR) is 162 cm³/mol. The van der Waals surface area contributed by atoms with Crippen LogP contribution in [0.5, 0.6) is 0 Å². The zero-order valence-electron chi connectivity index (χ0n) is 23.1. The van der Waals surface area contributed by atoms with E-state index in [0.717, 1.165) is 79.2 Å². The maximum Gasteiger partial charge on any atom is 0.203 e. The molecule has 1 atom stereocenters. The van der Waals surface area contributed by atoms with E-state index in [2.05, 4.69) is 85.7 Å². The molecule has 0 spiro atoms. The first-order chi connectivity index (χ1) is 18.6. The lowest BCUT2D eigenvalue weighted by Gasteiger charge is -2.25. The highest BCUT2D eigenvalue weighted by Crippen LogP contribution is 2.46. The fourth-order valence-electron chi connectivity index (χ4n) is 5.52. The number of nitrogens with two attached hydrogens (primary N) is 1. The Kier molecular flexibility index (Phi) is 8.29. The van der Waals surface area contributed by atoms with Crippen LogP contribution in [0.3, 0.4) is 0 Å². The highest BCUT2D eigenvalue weighted by atomic mass is 32.2. The zero-order chi connectivity index (χ0) is 26.6. The first-order valence-electron chi connectivity index (χ1n) is 14.1. The van der Waals surface area contributed by atoms with Crippen LogP contribution in [0, 0.1) is 0 Å². The molecule has 0 saturated carbocycles. The second kappa shape index (κ2) is 11.8. The zero-order valence-corrected chi connectivity index (χ0v) is 23.9. The quantitative estimate of drug-likeness (QED) is 0.150. The molecule has 0 aromatic heterocycles. The van der Waals surface area contributed by atoms with Gasteiger partial charge in [-0.05, 0) is 88.9 Å². The van der Waals surface area contributed by atoms with Gasteiger partial charge in [-0.3, -0.25) is 0 Å². The van der Waals surface area contributed by atoms with Crippen molar-refractivity contribution in [2.24, 2.45) is 0 Å². The normalized spacial score (nSPS) is 15.7. The van der Waals surface area contributed by atoms with Crippen LogP contribution < -0.4 is 20.6 Å². The molecule has 2 aromatic rings. The minimum Gasteiger partial charge on any atom is -0.456 e.